The maximum atomic E-state index is 11.1. The quantitative estimate of drug-likeness (QED) is 0.0249. The first-order chi connectivity index (χ1) is 36.3. The molecule has 0 aliphatic carbocycles. The largest absolute Gasteiger partial charge is 3.00 e. The van der Waals surface area contributed by atoms with Crippen LogP contribution in [0.4, 0.5) is 0 Å². The van der Waals surface area contributed by atoms with E-state index in [9.17, 15) is 44.1 Å². The van der Waals surface area contributed by atoms with Crippen LogP contribution in [0.3, 0.4) is 0 Å². The molecule has 0 aromatic heterocycles. The van der Waals surface area contributed by atoms with Crippen LogP contribution in [0.25, 0.3) is 0 Å². The summed E-state index contributed by atoms with van der Waals surface area (Å²) in [5, 5.41) is 32.4. The van der Waals surface area contributed by atoms with Gasteiger partial charge >= 0.3 is 17.4 Å². The fraction of sp³-hybridized carbons (Fsp3) is 0.818. The molecule has 9 nitrogen and oxygen atoms in total. The number of carboxylic acids is 3. The summed E-state index contributed by atoms with van der Waals surface area (Å²) in [6, 6.07) is 0. The van der Waals surface area contributed by atoms with Gasteiger partial charge in [-0.1, -0.05) is 250 Å². The summed E-state index contributed by atoms with van der Waals surface area (Å²) in [7, 11) is 0. The van der Waals surface area contributed by atoms with E-state index in [1.165, 1.54) is 233 Å². The third-order valence-corrected chi connectivity index (χ3v) is 14.3. The molecule has 0 aliphatic heterocycles. The van der Waals surface area contributed by atoms with Crippen molar-refractivity contribution in [3.05, 3.63) is 36.5 Å². The van der Waals surface area contributed by atoms with Gasteiger partial charge in [-0.05, 0) is 117 Å². The first-order valence-corrected chi connectivity index (χ1v) is 31.4. The minimum Gasteiger partial charge on any atom is -0.549 e. The van der Waals surface area contributed by atoms with Gasteiger partial charge in [0.1, 0.15) is 17.3 Å². The van der Waals surface area contributed by atoms with E-state index in [0.29, 0.717) is 19.3 Å². The summed E-state index contributed by atoms with van der Waals surface area (Å²) in [5.41, 5.74) is 0. The van der Waals surface area contributed by atoms with Crippen molar-refractivity contribution in [2.75, 3.05) is 0 Å². The van der Waals surface area contributed by atoms with E-state index in [2.05, 4.69) is 57.2 Å². The summed E-state index contributed by atoms with van der Waals surface area (Å²) < 4.78 is 0. The summed E-state index contributed by atoms with van der Waals surface area (Å²) in [6.07, 6.45) is 66.8. The monoisotopic (exact) mass is 1080 g/mol. The fourth-order valence-electron chi connectivity index (χ4n) is 9.25. The molecule has 0 saturated carbocycles. The Hall–Kier alpha value is -2.83. The zero-order chi connectivity index (χ0) is 56.3. The minimum absolute atomic E-state index is 0. The van der Waals surface area contributed by atoms with Crippen LogP contribution in [0, 0.1) is 17.8 Å². The summed E-state index contributed by atoms with van der Waals surface area (Å²) >= 11 is 0. The number of allylic oxidation sites excluding steroid dienone is 6. The van der Waals surface area contributed by atoms with Crippen molar-refractivity contribution in [1.29, 1.82) is 0 Å². The smallest absolute Gasteiger partial charge is 0.549 e. The predicted octanol–water partition coefficient (Wildman–Crippen LogP) is 15.7. The van der Waals surface area contributed by atoms with Gasteiger partial charge in [-0.2, -0.15) is 0 Å². The van der Waals surface area contributed by atoms with Crippen molar-refractivity contribution < 1.29 is 44.1 Å². The second-order valence-corrected chi connectivity index (χ2v) is 21.6. The Morgan fingerprint density at radius 3 is 0.553 bits per heavy atom. The maximum Gasteiger partial charge on any atom is 3.00 e. The Labute approximate surface area is 479 Å². The van der Waals surface area contributed by atoms with E-state index in [1.54, 1.807) is 0 Å². The fourth-order valence-corrected chi connectivity index (χ4v) is 9.25. The van der Waals surface area contributed by atoms with Gasteiger partial charge in [0.2, 0.25) is 0 Å². The number of hydrogen-bond acceptors (Lipinski definition) is 9. The van der Waals surface area contributed by atoms with Crippen molar-refractivity contribution in [1.82, 2.24) is 0 Å². The average Bonchev–Trinajstić information content (AvgIpc) is 3.36. The van der Waals surface area contributed by atoms with Gasteiger partial charge in [0.15, 0.2) is 0 Å². The molecule has 3 atom stereocenters. The molecule has 0 bridgehead atoms. The molecule has 10 heteroatoms. The molecule has 0 amide bonds. The van der Waals surface area contributed by atoms with E-state index in [1.807, 2.05) is 0 Å². The van der Waals surface area contributed by atoms with Crippen LogP contribution in [-0.4, -0.2) is 52.6 Å². The van der Waals surface area contributed by atoms with Crippen molar-refractivity contribution in [2.45, 2.75) is 330 Å². The number of rotatable bonds is 54. The molecule has 0 aromatic rings. The second-order valence-electron chi connectivity index (χ2n) is 21.6. The summed E-state index contributed by atoms with van der Waals surface area (Å²) in [4.78, 5) is 65.8. The van der Waals surface area contributed by atoms with E-state index in [0.717, 1.165) is 57.8 Å². The molecule has 0 N–H and O–H groups in total. The van der Waals surface area contributed by atoms with Crippen LogP contribution < -0.4 is 15.3 Å². The second kappa shape index (κ2) is 64.7. The topological polar surface area (TPSA) is 172 Å². The number of ketones is 3. The van der Waals surface area contributed by atoms with Gasteiger partial charge < -0.3 is 29.7 Å². The van der Waals surface area contributed by atoms with Crippen LogP contribution in [0.1, 0.15) is 330 Å². The summed E-state index contributed by atoms with van der Waals surface area (Å²) in [6.45, 7) is 10.8. The SMILES string of the molecule is CCCCCCCC/C=C/CCCCCCCCC(C(C)=O)C(=O)[O-].CCCCCCCC/C=C/CCCCCCCCC(C(C)=O)C(=O)[O-].CCCCCCCC/C=C/CCCCCCCCC(C(C)=O)C(=O)[O-].[Al+3]. The third kappa shape index (κ3) is 62.0. The van der Waals surface area contributed by atoms with Crippen LogP contribution in [0.2, 0.25) is 0 Å². The first-order valence-electron chi connectivity index (χ1n) is 31.4. The number of carbonyl (C=O) groups excluding carboxylic acids is 6. The van der Waals surface area contributed by atoms with Crippen molar-refractivity contribution in [3.63, 3.8) is 0 Å². The Morgan fingerprint density at radius 2 is 0.408 bits per heavy atom. The van der Waals surface area contributed by atoms with Crippen molar-refractivity contribution in [3.8, 4) is 0 Å². The number of aliphatic carboxylic acids is 3. The van der Waals surface area contributed by atoms with Crippen LogP contribution in [-0.2, 0) is 28.8 Å². The van der Waals surface area contributed by atoms with E-state index >= 15 is 0 Å². The van der Waals surface area contributed by atoms with E-state index in [-0.39, 0.29) is 34.7 Å². The number of Topliss-reactive ketones (excluding diaryl/α,β-unsaturated/α-hetero) is 3. The molecule has 0 spiro atoms. The van der Waals surface area contributed by atoms with Crippen molar-refractivity contribution in [2.24, 2.45) is 17.8 Å². The number of carboxylic acid groups (broad SMARTS) is 3. The van der Waals surface area contributed by atoms with Crippen LogP contribution >= 0.6 is 0 Å². The van der Waals surface area contributed by atoms with Gasteiger partial charge in [0, 0.05) is 0 Å². The van der Waals surface area contributed by atoms with Crippen LogP contribution in [0.5, 0.6) is 0 Å². The molecular formula is C66H117AlO9. The van der Waals surface area contributed by atoms with E-state index in [4.69, 9.17) is 0 Å². The number of unbranched alkanes of at least 4 members (excludes halogenated alkanes) is 36. The zero-order valence-electron chi connectivity index (χ0n) is 50.3. The van der Waals surface area contributed by atoms with E-state index < -0.39 is 35.7 Å². The average molecular weight is 1080 g/mol. The Morgan fingerprint density at radius 1 is 0.263 bits per heavy atom. The van der Waals surface area contributed by atoms with Gasteiger partial charge in [0.05, 0.1) is 35.7 Å². The molecule has 76 heavy (non-hydrogen) atoms. The predicted molar refractivity (Wildman–Crippen MR) is 315 cm³/mol. The standard InChI is InChI=1S/3C22H40O3.Al/c3*1-3-4-5-6-7-8-9-10-11-12-13-14-15-16-17-18-19-21(20(2)23)22(24)25;/h3*10-11,21H,3-9,12-19H2,1-2H3,(H,24,25);/q;;;+3/p-3/b3*11-10+;. The number of carbonyl (C=O) groups is 6. The third-order valence-electron chi connectivity index (χ3n) is 14.3. The maximum absolute atomic E-state index is 11.1. The molecular weight excluding hydrogens is 964 g/mol. The first kappa shape index (κ1) is 79.7. The Kier molecular flexibility index (Phi) is 67.8. The van der Waals surface area contributed by atoms with Gasteiger partial charge in [-0.15, -0.1) is 0 Å². The molecule has 0 rings (SSSR count). The molecule has 0 fully saturated rings. The number of hydrogen-bond donors (Lipinski definition) is 0. The molecule has 0 saturated heterocycles. The summed E-state index contributed by atoms with van der Waals surface area (Å²) in [5.74, 6) is -7.24. The molecule has 0 aliphatic rings. The van der Waals surface area contributed by atoms with Crippen LogP contribution in [0.15, 0.2) is 36.5 Å². The Balaban J connectivity index is -0.000000508. The normalized spacial score (nSPS) is 12.4. The van der Waals surface area contributed by atoms with Gasteiger partial charge in [-0.25, -0.2) is 0 Å². The molecule has 0 heterocycles. The van der Waals surface area contributed by atoms with Gasteiger partial charge in [-0.3, -0.25) is 14.4 Å². The van der Waals surface area contributed by atoms with Crippen molar-refractivity contribution >= 4 is 52.6 Å². The molecule has 0 aromatic carbocycles. The molecule has 0 radical (unpaired) electrons. The Bertz CT molecular complexity index is 1210. The zero-order valence-corrected chi connectivity index (χ0v) is 51.4. The molecule has 438 valence electrons. The molecule has 3 unspecified atom stereocenters. The van der Waals surface area contributed by atoms with Gasteiger partial charge in [0.25, 0.3) is 0 Å². The minimum atomic E-state index is -1.22.